The van der Waals surface area contributed by atoms with E-state index in [1.807, 2.05) is 19.1 Å². The Morgan fingerprint density at radius 3 is 2.84 bits per heavy atom. The van der Waals surface area contributed by atoms with Crippen molar-refractivity contribution in [1.82, 2.24) is 15.0 Å². The third-order valence-electron chi connectivity index (χ3n) is 3.08. The van der Waals surface area contributed by atoms with Crippen LogP contribution in [0.2, 0.25) is 0 Å². The lowest BCUT2D eigenvalue weighted by atomic mass is 10.1. The van der Waals surface area contributed by atoms with Crippen molar-refractivity contribution in [1.29, 1.82) is 0 Å². The van der Waals surface area contributed by atoms with Gasteiger partial charge in [0.15, 0.2) is 5.82 Å². The highest BCUT2D eigenvalue weighted by molar-refractivity contribution is 5.54. The third-order valence-corrected chi connectivity index (χ3v) is 3.08. The Balaban J connectivity index is 2.55. The van der Waals surface area contributed by atoms with Gasteiger partial charge in [-0.25, -0.2) is 4.98 Å². The fraction of sp³-hybridized carbons (Fsp3) is 0.357. The zero-order valence-corrected chi connectivity index (χ0v) is 11.1. The number of rotatable bonds is 4. The Kier molecular flexibility index (Phi) is 4.06. The van der Waals surface area contributed by atoms with Crippen LogP contribution in [0.1, 0.15) is 23.7 Å². The Bertz CT molecular complexity index is 635. The van der Waals surface area contributed by atoms with Gasteiger partial charge in [-0.1, -0.05) is 13.0 Å². The summed E-state index contributed by atoms with van der Waals surface area (Å²) < 4.78 is 0. The predicted molar refractivity (Wildman–Crippen MR) is 73.0 cm³/mol. The first kappa shape index (κ1) is 13.4. The average Bonchev–Trinajstić information content (AvgIpc) is 2.42. The maximum absolute atomic E-state index is 12.0. The summed E-state index contributed by atoms with van der Waals surface area (Å²) in [5.74, 6) is 0.488. The number of aromatic nitrogens is 3. The lowest BCUT2D eigenvalue weighted by Crippen LogP contribution is -2.19. The molecule has 2 rings (SSSR count). The van der Waals surface area contributed by atoms with Crippen LogP contribution in [0.3, 0.4) is 0 Å². The maximum Gasteiger partial charge on any atom is 0.254 e. The second-order valence-corrected chi connectivity index (χ2v) is 4.32. The summed E-state index contributed by atoms with van der Waals surface area (Å²) in [5, 5.41) is 8.94. The molecule has 100 valence electrons. The molecule has 2 heterocycles. The number of aliphatic hydroxyl groups is 1. The number of aromatic amines is 1. The number of nitrogens with one attached hydrogen (secondary N) is 1. The van der Waals surface area contributed by atoms with Gasteiger partial charge in [-0.2, -0.15) is 0 Å². The molecule has 19 heavy (non-hydrogen) atoms. The van der Waals surface area contributed by atoms with Crippen LogP contribution in [-0.4, -0.2) is 26.7 Å². The molecule has 0 aliphatic rings. The molecule has 5 heteroatoms. The summed E-state index contributed by atoms with van der Waals surface area (Å²) in [6.07, 6.45) is 2.83. The molecule has 2 N–H and O–H groups in total. The van der Waals surface area contributed by atoms with Crippen LogP contribution >= 0.6 is 0 Å². The van der Waals surface area contributed by atoms with Gasteiger partial charge in [0.05, 0.1) is 0 Å². The van der Waals surface area contributed by atoms with Crippen molar-refractivity contribution < 1.29 is 5.11 Å². The van der Waals surface area contributed by atoms with Crippen molar-refractivity contribution in [2.24, 2.45) is 0 Å². The standard InChI is InChI=1S/C14H17N3O2/c1-3-10-5-4-7-15-12(10)13-16-9(2)11(6-8-18)14(19)17-13/h4-5,7,18H,3,6,8H2,1-2H3,(H,16,17,19). The molecule has 2 aromatic heterocycles. The van der Waals surface area contributed by atoms with E-state index in [0.717, 1.165) is 12.0 Å². The van der Waals surface area contributed by atoms with E-state index in [1.54, 1.807) is 13.1 Å². The first-order valence-electron chi connectivity index (χ1n) is 6.32. The molecule has 0 bridgehead atoms. The van der Waals surface area contributed by atoms with Crippen molar-refractivity contribution in [2.45, 2.75) is 26.7 Å². The minimum Gasteiger partial charge on any atom is -0.396 e. The number of aryl methyl sites for hydroxylation is 2. The van der Waals surface area contributed by atoms with Crippen LogP contribution in [0.25, 0.3) is 11.5 Å². The summed E-state index contributed by atoms with van der Waals surface area (Å²) in [6, 6.07) is 3.84. The fourth-order valence-electron chi connectivity index (χ4n) is 2.07. The van der Waals surface area contributed by atoms with Crippen LogP contribution in [0, 0.1) is 6.92 Å². The van der Waals surface area contributed by atoms with E-state index < -0.39 is 0 Å². The third kappa shape index (κ3) is 2.71. The lowest BCUT2D eigenvalue weighted by Gasteiger charge is -2.08. The quantitative estimate of drug-likeness (QED) is 0.865. The van der Waals surface area contributed by atoms with Gasteiger partial charge in [0.2, 0.25) is 0 Å². The zero-order chi connectivity index (χ0) is 13.8. The van der Waals surface area contributed by atoms with Crippen LogP contribution in [0.15, 0.2) is 23.1 Å². The van der Waals surface area contributed by atoms with Gasteiger partial charge in [-0.3, -0.25) is 9.78 Å². The van der Waals surface area contributed by atoms with Crippen molar-refractivity contribution in [3.63, 3.8) is 0 Å². The fourth-order valence-corrected chi connectivity index (χ4v) is 2.07. The van der Waals surface area contributed by atoms with Crippen LogP contribution in [-0.2, 0) is 12.8 Å². The van der Waals surface area contributed by atoms with Gasteiger partial charge in [-0.05, 0) is 25.0 Å². The molecule has 0 unspecified atom stereocenters. The topological polar surface area (TPSA) is 78.9 Å². The molecule has 0 aromatic carbocycles. The smallest absolute Gasteiger partial charge is 0.254 e. The van der Waals surface area contributed by atoms with E-state index in [2.05, 4.69) is 15.0 Å². The molecule has 0 amide bonds. The van der Waals surface area contributed by atoms with Crippen molar-refractivity contribution in [2.75, 3.05) is 6.61 Å². The molecule has 2 aromatic rings. The Hall–Kier alpha value is -2.01. The minimum atomic E-state index is -0.204. The molecule has 0 aliphatic carbocycles. The van der Waals surface area contributed by atoms with Gasteiger partial charge in [0.1, 0.15) is 5.69 Å². The van der Waals surface area contributed by atoms with Crippen LogP contribution in [0.4, 0.5) is 0 Å². The monoisotopic (exact) mass is 259 g/mol. The molecule has 0 atom stereocenters. The maximum atomic E-state index is 12.0. The molecule has 0 spiro atoms. The highest BCUT2D eigenvalue weighted by Crippen LogP contribution is 2.17. The number of aliphatic hydroxyl groups excluding tert-OH is 1. The van der Waals surface area contributed by atoms with Gasteiger partial charge in [-0.15, -0.1) is 0 Å². The van der Waals surface area contributed by atoms with E-state index in [1.165, 1.54) is 0 Å². The summed E-state index contributed by atoms with van der Waals surface area (Å²) >= 11 is 0. The average molecular weight is 259 g/mol. The van der Waals surface area contributed by atoms with E-state index in [0.29, 0.717) is 29.2 Å². The predicted octanol–water partition coefficient (Wildman–Crippen LogP) is 1.24. The number of H-pyrrole nitrogens is 1. The minimum absolute atomic E-state index is 0.0608. The largest absolute Gasteiger partial charge is 0.396 e. The van der Waals surface area contributed by atoms with Gasteiger partial charge >= 0.3 is 0 Å². The molecular formula is C14H17N3O2. The molecule has 0 saturated heterocycles. The van der Waals surface area contributed by atoms with Crippen molar-refractivity contribution in [3.8, 4) is 11.5 Å². The van der Waals surface area contributed by atoms with E-state index in [9.17, 15) is 4.79 Å². The van der Waals surface area contributed by atoms with Gasteiger partial charge in [0.25, 0.3) is 5.56 Å². The SMILES string of the molecule is CCc1cccnc1-c1nc(C)c(CCO)c(=O)[nH]1. The summed E-state index contributed by atoms with van der Waals surface area (Å²) in [7, 11) is 0. The summed E-state index contributed by atoms with van der Waals surface area (Å²) in [4.78, 5) is 23.4. The zero-order valence-electron chi connectivity index (χ0n) is 11.1. The number of pyridine rings is 1. The first-order chi connectivity index (χ1) is 9.17. The van der Waals surface area contributed by atoms with E-state index in [-0.39, 0.29) is 12.2 Å². The first-order valence-corrected chi connectivity index (χ1v) is 6.32. The summed E-state index contributed by atoms with van der Waals surface area (Å²) in [6.45, 7) is 3.75. The normalized spacial score (nSPS) is 10.7. The molecule has 5 nitrogen and oxygen atoms in total. The highest BCUT2D eigenvalue weighted by Gasteiger charge is 2.12. The second kappa shape index (κ2) is 5.75. The number of hydrogen-bond acceptors (Lipinski definition) is 4. The second-order valence-electron chi connectivity index (χ2n) is 4.32. The van der Waals surface area contributed by atoms with E-state index >= 15 is 0 Å². The van der Waals surface area contributed by atoms with Gasteiger partial charge < -0.3 is 10.1 Å². The molecule has 0 fully saturated rings. The van der Waals surface area contributed by atoms with Crippen LogP contribution < -0.4 is 5.56 Å². The Morgan fingerprint density at radius 2 is 2.21 bits per heavy atom. The molecular weight excluding hydrogens is 242 g/mol. The van der Waals surface area contributed by atoms with Crippen molar-refractivity contribution in [3.05, 3.63) is 45.5 Å². The van der Waals surface area contributed by atoms with Crippen LogP contribution in [0.5, 0.6) is 0 Å². The Morgan fingerprint density at radius 1 is 1.42 bits per heavy atom. The molecule has 0 aliphatic heterocycles. The molecule has 0 radical (unpaired) electrons. The summed E-state index contributed by atoms with van der Waals surface area (Å²) in [5.41, 5.74) is 2.71. The number of nitrogens with zero attached hydrogens (tertiary/aromatic N) is 2. The van der Waals surface area contributed by atoms with Crippen molar-refractivity contribution >= 4 is 0 Å². The van der Waals surface area contributed by atoms with Gasteiger partial charge in [0, 0.05) is 30.5 Å². The Labute approximate surface area is 111 Å². The molecule has 0 saturated carbocycles. The number of hydrogen-bond donors (Lipinski definition) is 2. The highest BCUT2D eigenvalue weighted by atomic mass is 16.3. The van der Waals surface area contributed by atoms with E-state index in [4.69, 9.17) is 5.11 Å². The lowest BCUT2D eigenvalue weighted by molar-refractivity contribution is 0.298.